The summed E-state index contributed by atoms with van der Waals surface area (Å²) >= 11 is 0. The molecule has 4 aromatic heterocycles. The summed E-state index contributed by atoms with van der Waals surface area (Å²) in [5, 5.41) is 43.2. The number of pyridine rings is 4. The fraction of sp³-hybridized carbons (Fsp3) is 0.233. The van der Waals surface area contributed by atoms with Crippen LogP contribution in [0.1, 0.15) is 211 Å². The summed E-state index contributed by atoms with van der Waals surface area (Å²) in [6, 6.07) is 64.8. The number of amides is 6. The van der Waals surface area contributed by atoms with E-state index < -0.39 is 64.9 Å². The number of halogens is 1. The summed E-state index contributed by atoms with van der Waals surface area (Å²) < 4.78 is 48.3. The van der Waals surface area contributed by atoms with E-state index in [4.69, 9.17) is 69.4 Å². The summed E-state index contributed by atoms with van der Waals surface area (Å²) in [5.74, 6) is -2.26. The van der Waals surface area contributed by atoms with Crippen molar-refractivity contribution in [2.24, 2.45) is 5.73 Å². The van der Waals surface area contributed by atoms with Crippen LogP contribution in [-0.4, -0.2) is 131 Å². The van der Waals surface area contributed by atoms with Gasteiger partial charge in [-0.1, -0.05) is 78.2 Å². The number of carboxylic acid groups (broad SMARTS) is 3. The Hall–Kier alpha value is -16.8. The van der Waals surface area contributed by atoms with Gasteiger partial charge in [-0.15, -0.1) is 12.4 Å². The first-order valence-corrected chi connectivity index (χ1v) is 41.4. The number of aromatic nitrogens is 4. The van der Waals surface area contributed by atoms with Crippen molar-refractivity contribution in [1.82, 2.24) is 35.9 Å². The number of rotatable bonds is 28. The van der Waals surface area contributed by atoms with E-state index in [2.05, 4.69) is 51.8 Å². The van der Waals surface area contributed by atoms with Gasteiger partial charge in [-0.05, 0) is 268 Å². The number of carbonyl (C=O) groups is 11. The minimum atomic E-state index is -1.08. The zero-order chi connectivity index (χ0) is 97.5. The van der Waals surface area contributed by atoms with E-state index in [1.54, 1.807) is 307 Å². The molecule has 0 saturated carbocycles. The number of ether oxygens (including phenoxy) is 9. The molecule has 6 amide bonds. The molecule has 0 saturated heterocycles. The fourth-order valence-corrected chi connectivity index (χ4v) is 11.1. The second-order valence-electron chi connectivity index (χ2n) is 31.4. The van der Waals surface area contributed by atoms with Crippen LogP contribution < -0.4 is 62.3 Å². The minimum absolute atomic E-state index is 0. The number of anilines is 4. The molecule has 0 radical (unpaired) electrons. The molecule has 0 aliphatic carbocycles. The van der Waals surface area contributed by atoms with Crippen molar-refractivity contribution in [3.05, 3.63) is 334 Å². The van der Waals surface area contributed by atoms with Crippen molar-refractivity contribution in [2.45, 2.75) is 149 Å². The Morgan fingerprint density at radius 2 is 0.561 bits per heavy atom. The van der Waals surface area contributed by atoms with Gasteiger partial charge in [-0.2, -0.15) is 0 Å². The third-order valence-electron chi connectivity index (χ3n) is 17.0. The molecule has 0 unspecified atom stereocenters. The second kappa shape index (κ2) is 57.0. The maximum atomic E-state index is 12.8. The van der Waals surface area contributed by atoms with Crippen molar-refractivity contribution in [3.63, 3.8) is 0 Å². The highest BCUT2D eigenvalue weighted by molar-refractivity contribution is 6.07. The molecule has 0 atom stereocenters. The largest absolute Gasteiger partial charge is 0.478 e. The molecule has 736 valence electrons. The van der Waals surface area contributed by atoms with Crippen LogP contribution >= 0.6 is 12.4 Å². The van der Waals surface area contributed by atoms with Crippen LogP contribution in [0, 0.1) is 0 Å². The van der Waals surface area contributed by atoms with Crippen LogP contribution in [0.4, 0.5) is 37.1 Å². The molecule has 139 heavy (non-hydrogen) atoms. The van der Waals surface area contributed by atoms with Crippen LogP contribution in [0.25, 0.3) is 0 Å². The first kappa shape index (κ1) is 116. The summed E-state index contributed by atoms with van der Waals surface area (Å²) in [6.07, 6.45) is 4.70. The Morgan fingerprint density at radius 3 is 0.842 bits per heavy atom. The molecule has 12 rings (SSSR count). The number of nitrogens with one attached hydrogen (secondary N) is 6. The van der Waals surface area contributed by atoms with E-state index in [-0.39, 0.29) is 109 Å². The Bertz CT molecular complexity index is 6120. The molecular formula is C103H119ClN12O23. The van der Waals surface area contributed by atoms with Crippen molar-refractivity contribution < 1.29 is 111 Å². The molecule has 0 aliphatic rings. The standard InChI is InChI=1S/C27H29N3O6.C25H25N3O6.C20H17N3O4.C18H20N2O5.C9H11NO2.4CH4.ClH/c1-5-34-25(32)20-9-6-10-21(15-20)30-24(31)19-8-7-11-22(16-19)35-23-14-18(12-13-28-23)17-29-26(33)36-27(2,3)4;1-25(2,3)34-24(32)27-15-16-10-11-26-21(12-16)33-20-9-5-6-17(14-20)22(29)28-19-8-4-7-18(13-19)23(30)31;21-12-13-7-8-22-18(9-13)27-17-6-2-3-14(11-17)19(24)23-16-5-1-4-15(10-16)20(25)26;1-18(2,3)25-17(23)20-11-12-7-8-19-15(9-12)24-14-6-4-5-13(10-14)16(21)22;1-2-12-9(11)7-4-3-5-8(10)6-7;;;;;/h6-16H,5,17H2,1-4H3,(H,29,33)(H,30,31);4-14H,15H2,1-3H3,(H,27,32)(H,28,29)(H,30,31);1-11H,12,21H2,(H,23,24)(H,25,26);4-10H,11H2,1-3H3,(H,20,23)(H,21,22);3-6H,2,10H2,1H3;4*1H4;1H. The van der Waals surface area contributed by atoms with E-state index in [9.17, 15) is 52.7 Å². The molecule has 0 spiro atoms. The van der Waals surface area contributed by atoms with E-state index in [1.165, 1.54) is 36.4 Å². The van der Waals surface area contributed by atoms with Crippen molar-refractivity contribution >= 4 is 101 Å². The number of hydrogen-bond donors (Lipinski definition) is 11. The van der Waals surface area contributed by atoms with Crippen LogP contribution in [0.15, 0.2) is 267 Å². The van der Waals surface area contributed by atoms with Crippen LogP contribution in [0.3, 0.4) is 0 Å². The normalized spacial score (nSPS) is 10.2. The number of nitrogens with zero attached hydrogens (tertiary/aromatic N) is 4. The number of carbonyl (C=O) groups excluding carboxylic acids is 8. The van der Waals surface area contributed by atoms with E-state index >= 15 is 0 Å². The number of hydrogen-bond acceptors (Lipinski definition) is 26. The van der Waals surface area contributed by atoms with Crippen LogP contribution in [-0.2, 0) is 49.9 Å². The Kier molecular flexibility index (Phi) is 47.7. The lowest BCUT2D eigenvalue weighted by molar-refractivity contribution is 0.0512. The first-order valence-electron chi connectivity index (χ1n) is 41.4. The Balaban J connectivity index is 0.000000456. The number of nitrogen functional groups attached to an aromatic ring is 1. The lowest BCUT2D eigenvalue weighted by atomic mass is 10.1. The van der Waals surface area contributed by atoms with Gasteiger partial charge in [0.1, 0.15) is 39.8 Å². The molecule has 0 aliphatic heterocycles. The van der Waals surface area contributed by atoms with Gasteiger partial charge in [0.05, 0.1) is 41.0 Å². The Morgan fingerprint density at radius 1 is 0.317 bits per heavy atom. The van der Waals surface area contributed by atoms with Crippen molar-refractivity contribution in [1.29, 1.82) is 0 Å². The van der Waals surface area contributed by atoms with Gasteiger partial charge in [0.25, 0.3) is 17.7 Å². The average Bonchev–Trinajstić information content (AvgIpc) is 0.851. The third kappa shape index (κ3) is 42.5. The van der Waals surface area contributed by atoms with E-state index in [1.807, 2.05) is 0 Å². The lowest BCUT2D eigenvalue weighted by Gasteiger charge is -2.19. The molecule has 36 heteroatoms. The molecule has 0 fully saturated rings. The van der Waals surface area contributed by atoms with Gasteiger partial charge in [-0.25, -0.2) is 58.3 Å². The molecular weight excluding hydrogens is 1810 g/mol. The quantitative estimate of drug-likeness (QED) is 0.0123. The number of alkyl carbamates (subject to hydrolysis) is 3. The predicted octanol–water partition coefficient (Wildman–Crippen LogP) is 21.5. The van der Waals surface area contributed by atoms with Gasteiger partial charge in [0, 0.05) is 115 Å². The SMILES string of the molecule is C.C.C.C.CC(C)(C)OC(=O)NCc1ccnc(Oc2cccc(C(=O)Nc3cccc(C(=O)O)c3)c2)c1.CC(C)(C)OC(=O)NCc1ccnc(Oc2cccc(C(=O)O)c2)c1.CCOC(=O)c1cccc(N)c1.CCOC(=O)c1cccc(NC(=O)c2cccc(Oc3cc(CNC(=O)OC(C)(C)C)ccn3)c2)c1.Cl.NCc1ccnc(Oc2cccc(C(=O)Nc3cccc(C(=O)O)c3)c2)c1. The topological polar surface area (TPSA) is 507 Å². The molecule has 35 nitrogen and oxygen atoms in total. The number of aromatic carboxylic acids is 3. The molecule has 12 aromatic rings. The fourth-order valence-electron chi connectivity index (χ4n) is 11.1. The minimum Gasteiger partial charge on any atom is -0.478 e. The maximum absolute atomic E-state index is 12.8. The molecule has 8 aromatic carbocycles. The van der Waals surface area contributed by atoms with Gasteiger partial charge < -0.3 is 101 Å². The summed E-state index contributed by atoms with van der Waals surface area (Å²) in [7, 11) is 0. The number of carboxylic acids is 3. The maximum Gasteiger partial charge on any atom is 0.407 e. The predicted molar refractivity (Wildman–Crippen MR) is 531 cm³/mol. The van der Waals surface area contributed by atoms with Gasteiger partial charge in [0.15, 0.2) is 0 Å². The average molecular weight is 1930 g/mol. The smallest absolute Gasteiger partial charge is 0.407 e. The molecule has 4 heterocycles. The zero-order valence-electron chi connectivity index (χ0n) is 75.5. The van der Waals surface area contributed by atoms with Crippen LogP contribution in [0.2, 0.25) is 0 Å². The van der Waals surface area contributed by atoms with Gasteiger partial charge in [-0.3, -0.25) is 14.4 Å². The van der Waals surface area contributed by atoms with Gasteiger partial charge >= 0.3 is 48.1 Å². The highest BCUT2D eigenvalue weighted by Crippen LogP contribution is 2.29. The second-order valence-corrected chi connectivity index (χ2v) is 31.4. The van der Waals surface area contributed by atoms with E-state index in [0.29, 0.717) is 104 Å². The Labute approximate surface area is 813 Å². The monoisotopic (exact) mass is 1930 g/mol. The van der Waals surface area contributed by atoms with Crippen molar-refractivity contribution in [3.8, 4) is 46.5 Å². The first-order chi connectivity index (χ1) is 63.7. The number of benzene rings is 8. The summed E-state index contributed by atoms with van der Waals surface area (Å²) in [4.78, 5) is 146. The molecule has 13 N–H and O–H groups in total. The number of nitrogens with two attached hydrogens (primary N) is 2. The highest BCUT2D eigenvalue weighted by atomic mass is 35.5. The molecule has 0 bridgehead atoms. The third-order valence-corrected chi connectivity index (χ3v) is 17.0. The van der Waals surface area contributed by atoms with Gasteiger partial charge in [0.2, 0.25) is 23.5 Å². The highest BCUT2D eigenvalue weighted by Gasteiger charge is 2.22. The van der Waals surface area contributed by atoms with E-state index in [0.717, 1.165) is 22.3 Å². The summed E-state index contributed by atoms with van der Waals surface area (Å²) in [6.45, 7) is 21.3. The lowest BCUT2D eigenvalue weighted by Crippen LogP contribution is -2.32. The van der Waals surface area contributed by atoms with Crippen molar-refractivity contribution in [2.75, 3.05) is 34.9 Å². The zero-order valence-corrected chi connectivity index (χ0v) is 76.3. The summed E-state index contributed by atoms with van der Waals surface area (Å²) in [5.41, 5.74) is 16.5. The van der Waals surface area contributed by atoms with Crippen LogP contribution in [0.5, 0.6) is 46.5 Å². The number of esters is 2.